The Morgan fingerprint density at radius 2 is 1.31 bits per heavy atom. The van der Waals surface area contributed by atoms with Crippen molar-refractivity contribution >= 4 is 0 Å². The molecule has 0 saturated carbocycles. The van der Waals surface area contributed by atoms with Gasteiger partial charge in [-0.05, 0) is 44.9 Å². The number of hydrogen-bond acceptors (Lipinski definition) is 2. The average Bonchev–Trinajstić information content (AvgIpc) is 2.21. The van der Waals surface area contributed by atoms with Gasteiger partial charge in [0.05, 0.1) is 12.2 Å². The van der Waals surface area contributed by atoms with E-state index in [-0.39, 0.29) is 0 Å². The molecule has 0 bridgehead atoms. The zero-order chi connectivity index (χ0) is 8.93. The first kappa shape index (κ1) is 9.47. The monoisotopic (exact) mass is 184 g/mol. The quantitative estimate of drug-likeness (QED) is 0.656. The van der Waals surface area contributed by atoms with Crippen LogP contribution in [0.4, 0.5) is 0 Å². The summed E-state index contributed by atoms with van der Waals surface area (Å²) in [5.41, 5.74) is 0. The van der Waals surface area contributed by atoms with Crippen LogP contribution >= 0.6 is 0 Å². The van der Waals surface area contributed by atoms with Gasteiger partial charge >= 0.3 is 0 Å². The van der Waals surface area contributed by atoms with Gasteiger partial charge in [0.1, 0.15) is 0 Å². The molecule has 2 aliphatic heterocycles. The fourth-order valence-corrected chi connectivity index (χ4v) is 2.28. The van der Waals surface area contributed by atoms with Gasteiger partial charge in [-0.15, -0.1) is 0 Å². The number of ether oxygens (including phenoxy) is 2. The summed E-state index contributed by atoms with van der Waals surface area (Å²) in [5.74, 6) is 0. The maximum Gasteiger partial charge on any atom is 0.0599 e. The van der Waals surface area contributed by atoms with Crippen LogP contribution < -0.4 is 0 Å². The second-order valence-electron chi connectivity index (χ2n) is 4.21. The van der Waals surface area contributed by atoms with E-state index in [0.717, 1.165) is 19.6 Å². The summed E-state index contributed by atoms with van der Waals surface area (Å²) in [6.07, 6.45) is 9.83. The smallest absolute Gasteiger partial charge is 0.0599 e. The molecule has 2 rings (SSSR count). The van der Waals surface area contributed by atoms with Crippen molar-refractivity contribution in [3.8, 4) is 0 Å². The molecule has 0 aromatic heterocycles. The first-order valence-electron chi connectivity index (χ1n) is 5.68. The van der Waals surface area contributed by atoms with Crippen molar-refractivity contribution in [1.82, 2.24) is 0 Å². The van der Waals surface area contributed by atoms with Gasteiger partial charge in [0.25, 0.3) is 0 Å². The van der Waals surface area contributed by atoms with E-state index in [4.69, 9.17) is 9.47 Å². The fraction of sp³-hybridized carbons (Fsp3) is 1.00. The van der Waals surface area contributed by atoms with Crippen LogP contribution in [0.3, 0.4) is 0 Å². The predicted octanol–water partition coefficient (Wildman–Crippen LogP) is 2.51. The normalized spacial score (nSPS) is 36.0. The van der Waals surface area contributed by atoms with Gasteiger partial charge in [-0.3, -0.25) is 0 Å². The van der Waals surface area contributed by atoms with Crippen LogP contribution in [-0.4, -0.2) is 25.4 Å². The maximum atomic E-state index is 5.70. The Labute approximate surface area is 80.6 Å². The summed E-state index contributed by atoms with van der Waals surface area (Å²) in [5, 5.41) is 0. The topological polar surface area (TPSA) is 18.5 Å². The van der Waals surface area contributed by atoms with Crippen molar-refractivity contribution < 1.29 is 9.47 Å². The van der Waals surface area contributed by atoms with Gasteiger partial charge in [0.2, 0.25) is 0 Å². The van der Waals surface area contributed by atoms with Crippen LogP contribution in [-0.2, 0) is 9.47 Å². The van der Waals surface area contributed by atoms with E-state index in [1.807, 2.05) is 0 Å². The lowest BCUT2D eigenvalue weighted by molar-refractivity contribution is -0.0512. The van der Waals surface area contributed by atoms with Gasteiger partial charge in [0, 0.05) is 13.2 Å². The molecule has 2 heteroatoms. The molecule has 0 aliphatic carbocycles. The standard InChI is InChI=1S/C11H20O2/c1-3-7-12-10(5-1)9-11-6-2-4-8-13-11/h10-11H,1-9H2. The largest absolute Gasteiger partial charge is 0.378 e. The summed E-state index contributed by atoms with van der Waals surface area (Å²) < 4.78 is 11.4. The van der Waals surface area contributed by atoms with Crippen molar-refractivity contribution in [2.45, 2.75) is 57.2 Å². The summed E-state index contributed by atoms with van der Waals surface area (Å²) in [6.45, 7) is 1.94. The second kappa shape index (κ2) is 4.97. The van der Waals surface area contributed by atoms with E-state index in [2.05, 4.69) is 0 Å². The van der Waals surface area contributed by atoms with E-state index in [1.54, 1.807) is 0 Å². The van der Waals surface area contributed by atoms with Crippen LogP contribution in [0.2, 0.25) is 0 Å². The molecule has 2 fully saturated rings. The van der Waals surface area contributed by atoms with Gasteiger partial charge in [-0.25, -0.2) is 0 Å². The van der Waals surface area contributed by atoms with Gasteiger partial charge in [-0.1, -0.05) is 0 Å². The third-order valence-electron chi connectivity index (χ3n) is 3.07. The Hall–Kier alpha value is -0.0800. The molecule has 0 aromatic carbocycles. The van der Waals surface area contributed by atoms with E-state index in [9.17, 15) is 0 Å². The Morgan fingerprint density at radius 3 is 1.69 bits per heavy atom. The van der Waals surface area contributed by atoms with Crippen molar-refractivity contribution in [3.63, 3.8) is 0 Å². The molecule has 2 saturated heterocycles. The van der Waals surface area contributed by atoms with Gasteiger partial charge in [-0.2, -0.15) is 0 Å². The minimum absolute atomic E-state index is 0.497. The van der Waals surface area contributed by atoms with Crippen molar-refractivity contribution in [3.05, 3.63) is 0 Å². The van der Waals surface area contributed by atoms with Crippen LogP contribution in [0.15, 0.2) is 0 Å². The molecule has 2 heterocycles. The van der Waals surface area contributed by atoms with Crippen molar-refractivity contribution in [1.29, 1.82) is 0 Å². The van der Waals surface area contributed by atoms with E-state index < -0.39 is 0 Å². The Balaban J connectivity index is 1.69. The lowest BCUT2D eigenvalue weighted by atomic mass is 9.99. The van der Waals surface area contributed by atoms with Crippen LogP contribution in [0, 0.1) is 0 Å². The Kier molecular flexibility index (Phi) is 3.62. The van der Waals surface area contributed by atoms with Gasteiger partial charge < -0.3 is 9.47 Å². The summed E-state index contributed by atoms with van der Waals surface area (Å²) in [4.78, 5) is 0. The molecule has 0 amide bonds. The highest BCUT2D eigenvalue weighted by Crippen LogP contribution is 2.23. The minimum atomic E-state index is 0.497. The fourth-order valence-electron chi connectivity index (χ4n) is 2.28. The molecule has 2 unspecified atom stereocenters. The number of hydrogen-bond donors (Lipinski definition) is 0. The molecule has 13 heavy (non-hydrogen) atoms. The van der Waals surface area contributed by atoms with E-state index >= 15 is 0 Å². The van der Waals surface area contributed by atoms with Crippen molar-refractivity contribution in [2.24, 2.45) is 0 Å². The van der Waals surface area contributed by atoms with Gasteiger partial charge in [0.15, 0.2) is 0 Å². The molecular weight excluding hydrogens is 164 g/mol. The third kappa shape index (κ3) is 2.96. The zero-order valence-corrected chi connectivity index (χ0v) is 8.34. The van der Waals surface area contributed by atoms with Crippen molar-refractivity contribution in [2.75, 3.05) is 13.2 Å². The van der Waals surface area contributed by atoms with E-state index in [1.165, 1.54) is 38.5 Å². The highest BCUT2D eigenvalue weighted by atomic mass is 16.5. The molecule has 2 nitrogen and oxygen atoms in total. The first-order chi connectivity index (χ1) is 6.45. The Bertz CT molecular complexity index is 119. The lowest BCUT2D eigenvalue weighted by Crippen LogP contribution is -2.28. The SMILES string of the molecule is C1CCC(CC2CCCCO2)OC1. The molecule has 0 spiro atoms. The maximum absolute atomic E-state index is 5.70. The molecule has 0 radical (unpaired) electrons. The molecule has 76 valence electrons. The third-order valence-corrected chi connectivity index (χ3v) is 3.07. The summed E-state index contributed by atoms with van der Waals surface area (Å²) in [7, 11) is 0. The predicted molar refractivity (Wildman–Crippen MR) is 51.8 cm³/mol. The second-order valence-corrected chi connectivity index (χ2v) is 4.21. The van der Waals surface area contributed by atoms with E-state index in [0.29, 0.717) is 12.2 Å². The first-order valence-corrected chi connectivity index (χ1v) is 5.68. The molecule has 0 aromatic rings. The lowest BCUT2D eigenvalue weighted by Gasteiger charge is -2.29. The number of rotatable bonds is 2. The zero-order valence-electron chi connectivity index (χ0n) is 8.34. The molecule has 0 N–H and O–H groups in total. The van der Waals surface area contributed by atoms with Crippen LogP contribution in [0.25, 0.3) is 0 Å². The molecule has 2 atom stereocenters. The van der Waals surface area contributed by atoms with Crippen LogP contribution in [0.1, 0.15) is 44.9 Å². The van der Waals surface area contributed by atoms with Crippen LogP contribution in [0.5, 0.6) is 0 Å². The molecule has 2 aliphatic rings. The highest BCUT2D eigenvalue weighted by Gasteiger charge is 2.21. The minimum Gasteiger partial charge on any atom is -0.378 e. The molecular formula is C11H20O2. The summed E-state index contributed by atoms with van der Waals surface area (Å²) in [6, 6.07) is 0. The average molecular weight is 184 g/mol. The summed E-state index contributed by atoms with van der Waals surface area (Å²) >= 11 is 0. The highest BCUT2D eigenvalue weighted by molar-refractivity contribution is 4.71. The Morgan fingerprint density at radius 1 is 0.769 bits per heavy atom.